The predicted molar refractivity (Wildman–Crippen MR) is 141 cm³/mol. The molecule has 1 aromatic heterocycles. The van der Waals surface area contributed by atoms with E-state index in [0.29, 0.717) is 30.0 Å². The molecule has 0 spiro atoms. The number of carbonyl (C=O) groups excluding carboxylic acids is 2. The minimum absolute atomic E-state index is 0.00865. The second kappa shape index (κ2) is 10.5. The zero-order valence-corrected chi connectivity index (χ0v) is 20.9. The Morgan fingerprint density at radius 2 is 1.69 bits per heavy atom. The molecule has 0 radical (unpaired) electrons. The Morgan fingerprint density at radius 1 is 1.00 bits per heavy atom. The maximum absolute atomic E-state index is 13.4. The lowest BCUT2D eigenvalue weighted by atomic mass is 9.86. The number of methoxy groups -OCH3 is 1. The minimum atomic E-state index is -0.176. The maximum Gasteiger partial charge on any atom is 0.308 e. The Balaban J connectivity index is 1.35. The van der Waals surface area contributed by atoms with Gasteiger partial charge in [0.05, 0.1) is 36.8 Å². The van der Waals surface area contributed by atoms with E-state index in [1.54, 1.807) is 12.3 Å². The van der Waals surface area contributed by atoms with Gasteiger partial charge in [-0.3, -0.25) is 14.3 Å². The number of hydrogen-bond donors (Lipinski definition) is 1. The van der Waals surface area contributed by atoms with E-state index in [1.165, 1.54) is 12.7 Å². The summed E-state index contributed by atoms with van der Waals surface area (Å²) in [5, 5.41) is 9.03. The molecule has 1 fully saturated rings. The third kappa shape index (κ3) is 5.14. The van der Waals surface area contributed by atoms with Gasteiger partial charge in [-0.1, -0.05) is 66.2 Å². The van der Waals surface area contributed by atoms with Gasteiger partial charge in [0.1, 0.15) is 0 Å². The van der Waals surface area contributed by atoms with Crippen LogP contribution >= 0.6 is 11.6 Å². The molecular formula is C29H28ClN3O3. The number of aromatic nitrogens is 2. The summed E-state index contributed by atoms with van der Waals surface area (Å²) in [6, 6.07) is 22.2. The monoisotopic (exact) mass is 501 g/mol. The molecule has 184 valence electrons. The van der Waals surface area contributed by atoms with Gasteiger partial charge in [-0.15, -0.1) is 0 Å². The maximum atomic E-state index is 13.4. The Kier molecular flexibility index (Phi) is 7.05. The van der Waals surface area contributed by atoms with Crippen LogP contribution in [-0.2, 0) is 16.1 Å². The predicted octanol–water partition coefficient (Wildman–Crippen LogP) is 5.87. The van der Waals surface area contributed by atoms with E-state index in [2.05, 4.69) is 46.8 Å². The summed E-state index contributed by atoms with van der Waals surface area (Å²) in [5.74, 6) is -0.432. The lowest BCUT2D eigenvalue weighted by molar-refractivity contribution is -0.146. The lowest BCUT2D eigenvalue weighted by Gasteiger charge is -2.27. The molecule has 1 saturated carbocycles. The first-order valence-electron chi connectivity index (χ1n) is 12.2. The zero-order chi connectivity index (χ0) is 25.1. The van der Waals surface area contributed by atoms with Gasteiger partial charge in [0, 0.05) is 16.5 Å². The highest BCUT2D eigenvalue weighted by atomic mass is 35.5. The van der Waals surface area contributed by atoms with Crippen LogP contribution in [0.1, 0.15) is 41.6 Å². The van der Waals surface area contributed by atoms with Crippen molar-refractivity contribution in [3.63, 3.8) is 0 Å². The fraction of sp³-hybridized carbons (Fsp3) is 0.276. The first-order chi connectivity index (χ1) is 17.5. The van der Waals surface area contributed by atoms with Gasteiger partial charge in [-0.2, -0.15) is 5.10 Å². The third-order valence-electron chi connectivity index (χ3n) is 6.93. The van der Waals surface area contributed by atoms with E-state index >= 15 is 0 Å². The van der Waals surface area contributed by atoms with Crippen LogP contribution in [0, 0.1) is 5.92 Å². The van der Waals surface area contributed by atoms with Gasteiger partial charge in [-0.05, 0) is 54.5 Å². The molecule has 0 aliphatic heterocycles. The third-order valence-corrected chi connectivity index (χ3v) is 7.15. The van der Waals surface area contributed by atoms with Crippen molar-refractivity contribution in [2.45, 2.75) is 38.3 Å². The summed E-state index contributed by atoms with van der Waals surface area (Å²) in [4.78, 5) is 25.2. The van der Waals surface area contributed by atoms with Crippen LogP contribution < -0.4 is 5.32 Å². The molecule has 0 saturated heterocycles. The summed E-state index contributed by atoms with van der Waals surface area (Å²) in [6.07, 6.45) is 4.64. The van der Waals surface area contributed by atoms with Crippen LogP contribution in [-0.4, -0.2) is 34.8 Å². The molecule has 0 atom stereocenters. The first-order valence-corrected chi connectivity index (χ1v) is 12.6. The summed E-state index contributed by atoms with van der Waals surface area (Å²) in [5.41, 5.74) is 4.67. The number of rotatable bonds is 6. The summed E-state index contributed by atoms with van der Waals surface area (Å²) >= 11 is 6.36. The van der Waals surface area contributed by atoms with Crippen molar-refractivity contribution >= 4 is 34.4 Å². The Bertz CT molecular complexity index is 1370. The van der Waals surface area contributed by atoms with Gasteiger partial charge in [0.25, 0.3) is 5.91 Å². The molecule has 5 rings (SSSR count). The van der Waals surface area contributed by atoms with E-state index in [1.807, 2.05) is 28.9 Å². The van der Waals surface area contributed by atoms with Crippen LogP contribution in [0.3, 0.4) is 0 Å². The standard InChI is InChI=1S/C29H28ClN3O3/c1-36-29(35)22-11-13-25(14-12-22)32-28(34)26-16-24(30)15-23-17-31-33(27(23)26)18-19-7-9-21(10-8-19)20-5-3-2-4-6-20/h2-10,15-17,22,25H,11-14,18H2,1H3,(H,32,34). The molecule has 1 N–H and O–H groups in total. The number of halogens is 1. The van der Waals surface area contributed by atoms with E-state index in [4.69, 9.17) is 16.3 Å². The number of nitrogens with zero attached hydrogens (tertiary/aromatic N) is 2. The number of hydrogen-bond acceptors (Lipinski definition) is 4. The van der Waals surface area contributed by atoms with Gasteiger partial charge in [0.15, 0.2) is 0 Å². The van der Waals surface area contributed by atoms with E-state index in [0.717, 1.165) is 34.9 Å². The van der Waals surface area contributed by atoms with Crippen molar-refractivity contribution in [3.05, 3.63) is 89.1 Å². The topological polar surface area (TPSA) is 73.2 Å². The molecule has 1 heterocycles. The summed E-state index contributed by atoms with van der Waals surface area (Å²) < 4.78 is 6.72. The molecule has 6 nitrogen and oxygen atoms in total. The average Bonchev–Trinajstić information content (AvgIpc) is 3.31. The van der Waals surface area contributed by atoms with Crippen molar-refractivity contribution in [2.75, 3.05) is 7.11 Å². The highest BCUT2D eigenvalue weighted by molar-refractivity contribution is 6.32. The van der Waals surface area contributed by atoms with Gasteiger partial charge in [0.2, 0.25) is 0 Å². The molecule has 1 amide bonds. The number of ether oxygens (including phenoxy) is 1. The van der Waals surface area contributed by atoms with Crippen molar-refractivity contribution in [1.82, 2.24) is 15.1 Å². The van der Waals surface area contributed by atoms with Crippen molar-refractivity contribution < 1.29 is 14.3 Å². The van der Waals surface area contributed by atoms with Crippen LogP contribution in [0.25, 0.3) is 22.0 Å². The summed E-state index contributed by atoms with van der Waals surface area (Å²) in [7, 11) is 1.42. The van der Waals surface area contributed by atoms with E-state index in [9.17, 15) is 9.59 Å². The Morgan fingerprint density at radius 3 is 2.39 bits per heavy atom. The minimum Gasteiger partial charge on any atom is -0.469 e. The van der Waals surface area contributed by atoms with Gasteiger partial charge >= 0.3 is 5.97 Å². The van der Waals surface area contributed by atoms with Crippen molar-refractivity contribution in [1.29, 1.82) is 0 Å². The molecule has 1 aliphatic rings. The summed E-state index contributed by atoms with van der Waals surface area (Å²) in [6.45, 7) is 0.532. The lowest BCUT2D eigenvalue weighted by Crippen LogP contribution is -2.39. The molecule has 1 aliphatic carbocycles. The molecule has 0 bridgehead atoms. The second-order valence-electron chi connectivity index (χ2n) is 9.30. The fourth-order valence-corrected chi connectivity index (χ4v) is 5.23. The van der Waals surface area contributed by atoms with Crippen LogP contribution in [0.4, 0.5) is 0 Å². The normalized spacial score (nSPS) is 17.6. The molecule has 36 heavy (non-hydrogen) atoms. The number of fused-ring (bicyclic) bond motifs is 1. The number of carbonyl (C=O) groups is 2. The second-order valence-corrected chi connectivity index (χ2v) is 9.74. The highest BCUT2D eigenvalue weighted by Crippen LogP contribution is 2.28. The Hall–Kier alpha value is -3.64. The Labute approximate surface area is 215 Å². The molecule has 7 heteroatoms. The van der Waals surface area contributed by atoms with Crippen molar-refractivity contribution in [2.24, 2.45) is 5.92 Å². The molecule has 0 unspecified atom stereocenters. The number of benzene rings is 3. The van der Waals surface area contributed by atoms with Crippen LogP contribution in [0.5, 0.6) is 0 Å². The fourth-order valence-electron chi connectivity index (χ4n) is 5.00. The molecule has 4 aromatic rings. The van der Waals surface area contributed by atoms with Crippen LogP contribution in [0.2, 0.25) is 5.02 Å². The smallest absolute Gasteiger partial charge is 0.308 e. The molecule has 3 aromatic carbocycles. The number of amides is 1. The van der Waals surface area contributed by atoms with E-state index in [-0.39, 0.29) is 23.8 Å². The SMILES string of the molecule is COC(=O)C1CCC(NC(=O)c2cc(Cl)cc3cnn(Cc4ccc(-c5ccccc5)cc4)c23)CC1. The van der Waals surface area contributed by atoms with E-state index < -0.39 is 0 Å². The van der Waals surface area contributed by atoms with Crippen molar-refractivity contribution in [3.8, 4) is 11.1 Å². The van der Waals surface area contributed by atoms with Gasteiger partial charge in [-0.25, -0.2) is 0 Å². The number of nitrogens with one attached hydrogen (secondary N) is 1. The first kappa shape index (κ1) is 24.1. The average molecular weight is 502 g/mol. The largest absolute Gasteiger partial charge is 0.469 e. The van der Waals surface area contributed by atoms with Crippen LogP contribution in [0.15, 0.2) is 72.9 Å². The molecular weight excluding hydrogens is 474 g/mol. The quantitative estimate of drug-likeness (QED) is 0.335. The highest BCUT2D eigenvalue weighted by Gasteiger charge is 2.28. The van der Waals surface area contributed by atoms with Gasteiger partial charge < -0.3 is 10.1 Å². The zero-order valence-electron chi connectivity index (χ0n) is 20.1. The number of esters is 1.